The van der Waals surface area contributed by atoms with E-state index in [-0.39, 0.29) is 12.1 Å². The molecule has 0 aromatic heterocycles. The number of benzene rings is 2. The number of anilines is 1. The predicted octanol–water partition coefficient (Wildman–Crippen LogP) is 3.33. The smallest absolute Gasteiger partial charge is 0.251 e. The molecule has 3 N–H and O–H groups in total. The van der Waals surface area contributed by atoms with Gasteiger partial charge in [0.05, 0.1) is 5.56 Å². The first-order valence-corrected chi connectivity index (χ1v) is 6.12. The fourth-order valence-electron chi connectivity index (χ4n) is 1.70. The number of primary amides is 1. The van der Waals surface area contributed by atoms with E-state index < -0.39 is 17.5 Å². The maximum atomic E-state index is 13.3. The zero-order chi connectivity index (χ0) is 14.7. The molecule has 3 nitrogen and oxygen atoms in total. The standard InChI is InChI=1S/C14H11ClF2N2O/c15-12-3-1-9(16)5-8(12)7-19-10-2-4-13(17)11(6-10)14(18)20/h1-6,19H,7H2,(H2,18,20). The molecule has 0 aliphatic heterocycles. The van der Waals surface area contributed by atoms with Gasteiger partial charge < -0.3 is 11.1 Å². The second-order valence-corrected chi connectivity index (χ2v) is 4.56. The quantitative estimate of drug-likeness (QED) is 0.909. The molecule has 0 spiro atoms. The Morgan fingerprint density at radius 1 is 1.20 bits per heavy atom. The highest BCUT2D eigenvalue weighted by Crippen LogP contribution is 2.20. The average Bonchev–Trinajstić information content (AvgIpc) is 2.41. The molecule has 0 fully saturated rings. The van der Waals surface area contributed by atoms with Gasteiger partial charge in [-0.05, 0) is 42.0 Å². The van der Waals surface area contributed by atoms with Crippen LogP contribution in [0.15, 0.2) is 36.4 Å². The summed E-state index contributed by atoms with van der Waals surface area (Å²) in [5, 5.41) is 3.34. The maximum absolute atomic E-state index is 13.3. The maximum Gasteiger partial charge on any atom is 0.251 e. The lowest BCUT2D eigenvalue weighted by molar-refractivity contribution is 0.0996. The van der Waals surface area contributed by atoms with Crippen LogP contribution in [-0.4, -0.2) is 5.91 Å². The predicted molar refractivity (Wildman–Crippen MR) is 73.7 cm³/mol. The lowest BCUT2D eigenvalue weighted by Gasteiger charge is -2.09. The van der Waals surface area contributed by atoms with Crippen molar-refractivity contribution in [3.63, 3.8) is 0 Å². The molecule has 0 saturated carbocycles. The van der Waals surface area contributed by atoms with Gasteiger partial charge in [-0.3, -0.25) is 4.79 Å². The van der Waals surface area contributed by atoms with Crippen molar-refractivity contribution in [2.24, 2.45) is 5.73 Å². The Hall–Kier alpha value is -2.14. The second-order valence-electron chi connectivity index (χ2n) is 4.15. The molecule has 0 bridgehead atoms. The van der Waals surface area contributed by atoms with Crippen LogP contribution in [0.1, 0.15) is 15.9 Å². The summed E-state index contributed by atoms with van der Waals surface area (Å²) in [6, 6.07) is 7.89. The van der Waals surface area contributed by atoms with Crippen LogP contribution in [0.3, 0.4) is 0 Å². The first-order valence-electron chi connectivity index (χ1n) is 5.74. The Morgan fingerprint density at radius 2 is 1.95 bits per heavy atom. The number of carbonyl (C=O) groups is 1. The van der Waals surface area contributed by atoms with Gasteiger partial charge in [-0.15, -0.1) is 0 Å². The third-order valence-electron chi connectivity index (χ3n) is 2.72. The van der Waals surface area contributed by atoms with Crippen molar-refractivity contribution in [1.29, 1.82) is 0 Å². The summed E-state index contributed by atoms with van der Waals surface area (Å²) in [4.78, 5) is 11.0. The topological polar surface area (TPSA) is 55.1 Å². The molecule has 0 unspecified atom stereocenters. The minimum atomic E-state index is -0.852. The average molecular weight is 297 g/mol. The van der Waals surface area contributed by atoms with Gasteiger partial charge in [0.2, 0.25) is 0 Å². The first-order chi connectivity index (χ1) is 9.47. The Morgan fingerprint density at radius 3 is 2.65 bits per heavy atom. The molecule has 0 aliphatic rings. The Kier molecular flexibility index (Phi) is 4.20. The van der Waals surface area contributed by atoms with E-state index in [4.69, 9.17) is 17.3 Å². The monoisotopic (exact) mass is 296 g/mol. The molecule has 0 heterocycles. The Balaban J connectivity index is 2.17. The fourth-order valence-corrected chi connectivity index (χ4v) is 1.88. The summed E-state index contributed by atoms with van der Waals surface area (Å²) in [5.74, 6) is -1.94. The van der Waals surface area contributed by atoms with E-state index in [9.17, 15) is 13.6 Å². The third-order valence-corrected chi connectivity index (χ3v) is 3.09. The molecule has 1 amide bonds. The summed E-state index contributed by atoms with van der Waals surface area (Å²) in [5.41, 5.74) is 5.89. The minimum Gasteiger partial charge on any atom is -0.381 e. The molecular formula is C14H11ClF2N2O. The molecule has 0 saturated heterocycles. The molecule has 104 valence electrons. The fraction of sp³-hybridized carbons (Fsp3) is 0.0714. The lowest BCUT2D eigenvalue weighted by Crippen LogP contribution is -2.13. The number of hydrogen-bond acceptors (Lipinski definition) is 2. The van der Waals surface area contributed by atoms with Gasteiger partial charge in [-0.1, -0.05) is 11.6 Å². The molecule has 20 heavy (non-hydrogen) atoms. The molecule has 0 aliphatic carbocycles. The van der Waals surface area contributed by atoms with Crippen LogP contribution in [0.4, 0.5) is 14.5 Å². The highest BCUT2D eigenvalue weighted by Gasteiger charge is 2.09. The van der Waals surface area contributed by atoms with Crippen molar-refractivity contribution in [3.8, 4) is 0 Å². The number of hydrogen-bond donors (Lipinski definition) is 2. The number of nitrogens with one attached hydrogen (secondary N) is 1. The number of carbonyl (C=O) groups excluding carboxylic acids is 1. The normalized spacial score (nSPS) is 10.3. The molecule has 6 heteroatoms. The highest BCUT2D eigenvalue weighted by molar-refractivity contribution is 6.31. The van der Waals surface area contributed by atoms with Crippen molar-refractivity contribution in [2.45, 2.75) is 6.54 Å². The van der Waals surface area contributed by atoms with Crippen LogP contribution in [0.2, 0.25) is 5.02 Å². The molecule has 2 rings (SSSR count). The number of halogens is 3. The van der Waals surface area contributed by atoms with Gasteiger partial charge in [0.15, 0.2) is 0 Å². The highest BCUT2D eigenvalue weighted by atomic mass is 35.5. The molecule has 0 radical (unpaired) electrons. The van der Waals surface area contributed by atoms with Crippen LogP contribution in [0.5, 0.6) is 0 Å². The van der Waals surface area contributed by atoms with Crippen LogP contribution >= 0.6 is 11.6 Å². The minimum absolute atomic E-state index is 0.208. The van der Waals surface area contributed by atoms with Gasteiger partial charge in [0, 0.05) is 17.3 Å². The Bertz CT molecular complexity index is 662. The van der Waals surface area contributed by atoms with Crippen molar-refractivity contribution in [1.82, 2.24) is 0 Å². The largest absolute Gasteiger partial charge is 0.381 e. The van der Waals surface area contributed by atoms with E-state index >= 15 is 0 Å². The van der Waals surface area contributed by atoms with Gasteiger partial charge in [0.25, 0.3) is 5.91 Å². The first kappa shape index (κ1) is 14.3. The number of nitrogens with two attached hydrogens (primary N) is 1. The summed E-state index contributed by atoms with van der Waals surface area (Å²) in [6.45, 7) is 0.237. The van der Waals surface area contributed by atoms with E-state index in [0.29, 0.717) is 16.3 Å². The van der Waals surface area contributed by atoms with Crippen LogP contribution in [0, 0.1) is 11.6 Å². The van der Waals surface area contributed by atoms with Gasteiger partial charge in [0.1, 0.15) is 11.6 Å². The molecule has 0 atom stereocenters. The van der Waals surface area contributed by atoms with E-state index in [1.165, 1.54) is 30.3 Å². The van der Waals surface area contributed by atoms with Crippen molar-refractivity contribution in [2.75, 3.05) is 5.32 Å². The van der Waals surface area contributed by atoms with Gasteiger partial charge >= 0.3 is 0 Å². The van der Waals surface area contributed by atoms with Crippen molar-refractivity contribution < 1.29 is 13.6 Å². The molecule has 2 aromatic carbocycles. The number of amides is 1. The third kappa shape index (κ3) is 3.24. The van der Waals surface area contributed by atoms with E-state index in [1.54, 1.807) is 0 Å². The van der Waals surface area contributed by atoms with E-state index in [2.05, 4.69) is 5.32 Å². The van der Waals surface area contributed by atoms with E-state index in [1.807, 2.05) is 0 Å². The van der Waals surface area contributed by atoms with Gasteiger partial charge in [-0.2, -0.15) is 0 Å². The molecular weight excluding hydrogens is 286 g/mol. The van der Waals surface area contributed by atoms with Crippen molar-refractivity contribution >= 4 is 23.2 Å². The zero-order valence-corrected chi connectivity index (χ0v) is 11.0. The number of rotatable bonds is 4. The zero-order valence-electron chi connectivity index (χ0n) is 10.3. The van der Waals surface area contributed by atoms with Gasteiger partial charge in [-0.25, -0.2) is 8.78 Å². The summed E-state index contributed by atoms with van der Waals surface area (Å²) < 4.78 is 26.4. The summed E-state index contributed by atoms with van der Waals surface area (Å²) >= 11 is 5.93. The summed E-state index contributed by atoms with van der Waals surface area (Å²) in [7, 11) is 0. The SMILES string of the molecule is NC(=O)c1cc(NCc2cc(F)ccc2Cl)ccc1F. The van der Waals surface area contributed by atoms with E-state index in [0.717, 1.165) is 6.07 Å². The Labute approximate surface area is 119 Å². The summed E-state index contributed by atoms with van der Waals surface area (Å²) in [6.07, 6.45) is 0. The lowest BCUT2D eigenvalue weighted by atomic mass is 10.1. The second kappa shape index (κ2) is 5.88. The van der Waals surface area contributed by atoms with Crippen LogP contribution < -0.4 is 11.1 Å². The molecule has 2 aromatic rings. The van der Waals surface area contributed by atoms with Crippen LogP contribution in [0.25, 0.3) is 0 Å². The van der Waals surface area contributed by atoms with Crippen molar-refractivity contribution in [3.05, 3.63) is 64.2 Å². The van der Waals surface area contributed by atoms with Crippen LogP contribution in [-0.2, 0) is 6.54 Å².